The molecule has 0 fully saturated rings. The van der Waals surface area contributed by atoms with Crippen LogP contribution in [-0.4, -0.2) is 25.5 Å². The summed E-state index contributed by atoms with van der Waals surface area (Å²) in [6.07, 6.45) is 0. The summed E-state index contributed by atoms with van der Waals surface area (Å²) < 4.78 is 0. The molecule has 0 unspecified atom stereocenters. The van der Waals surface area contributed by atoms with E-state index in [0.717, 1.165) is 11.4 Å². The van der Waals surface area contributed by atoms with Crippen LogP contribution in [0.2, 0.25) is 0 Å². The van der Waals surface area contributed by atoms with Gasteiger partial charge in [-0.1, -0.05) is 0 Å². The van der Waals surface area contributed by atoms with Crippen LogP contribution < -0.4 is 16.0 Å². The summed E-state index contributed by atoms with van der Waals surface area (Å²) in [5.41, 5.74) is 7.65. The standard InChI is InChI=1S/C11H12N4O/c12-3-4-15-10-2-1-8(6-13)5-9(10)14-7-11(15)16/h1-2,5,14H,3-4,7,12H2. The summed E-state index contributed by atoms with van der Waals surface area (Å²) in [6.45, 7) is 1.17. The predicted octanol–water partition coefficient (Wildman–Crippen LogP) is 0.275. The highest BCUT2D eigenvalue weighted by atomic mass is 16.2. The van der Waals surface area contributed by atoms with Gasteiger partial charge in [-0.3, -0.25) is 4.79 Å². The molecule has 0 atom stereocenters. The minimum Gasteiger partial charge on any atom is -0.374 e. The van der Waals surface area contributed by atoms with Crippen molar-refractivity contribution in [1.82, 2.24) is 0 Å². The van der Waals surface area contributed by atoms with Crippen molar-refractivity contribution in [3.05, 3.63) is 23.8 Å². The van der Waals surface area contributed by atoms with Crippen LogP contribution in [0.4, 0.5) is 11.4 Å². The second kappa shape index (κ2) is 4.21. The van der Waals surface area contributed by atoms with Gasteiger partial charge in [0.15, 0.2) is 0 Å². The third-order valence-electron chi connectivity index (χ3n) is 2.50. The maximum Gasteiger partial charge on any atom is 0.246 e. The molecule has 82 valence electrons. The molecule has 1 aromatic carbocycles. The highest BCUT2D eigenvalue weighted by Crippen LogP contribution is 2.29. The number of hydrogen-bond acceptors (Lipinski definition) is 4. The van der Waals surface area contributed by atoms with Gasteiger partial charge in [0.25, 0.3) is 0 Å². The Morgan fingerprint density at radius 2 is 2.38 bits per heavy atom. The summed E-state index contributed by atoms with van der Waals surface area (Å²) in [5, 5.41) is 11.8. The number of nitrogens with one attached hydrogen (secondary N) is 1. The zero-order chi connectivity index (χ0) is 11.5. The Morgan fingerprint density at radius 1 is 1.56 bits per heavy atom. The summed E-state index contributed by atoms with van der Waals surface area (Å²) in [5.74, 6) is 0.00246. The molecule has 16 heavy (non-hydrogen) atoms. The first kappa shape index (κ1) is 10.5. The van der Waals surface area contributed by atoms with Crippen LogP contribution in [0, 0.1) is 11.3 Å². The van der Waals surface area contributed by atoms with E-state index < -0.39 is 0 Å². The topological polar surface area (TPSA) is 82.2 Å². The monoisotopic (exact) mass is 216 g/mol. The van der Waals surface area contributed by atoms with Crippen molar-refractivity contribution < 1.29 is 4.79 Å². The number of amides is 1. The van der Waals surface area contributed by atoms with Crippen molar-refractivity contribution in [2.75, 3.05) is 29.9 Å². The molecule has 0 spiro atoms. The Kier molecular flexibility index (Phi) is 2.75. The number of benzene rings is 1. The van der Waals surface area contributed by atoms with Crippen molar-refractivity contribution >= 4 is 17.3 Å². The van der Waals surface area contributed by atoms with Crippen LogP contribution in [0.3, 0.4) is 0 Å². The average Bonchev–Trinajstić information content (AvgIpc) is 2.32. The lowest BCUT2D eigenvalue weighted by atomic mass is 10.1. The number of rotatable bonds is 2. The van der Waals surface area contributed by atoms with E-state index in [9.17, 15) is 4.79 Å². The second-order valence-corrected chi connectivity index (χ2v) is 3.53. The smallest absolute Gasteiger partial charge is 0.246 e. The predicted molar refractivity (Wildman–Crippen MR) is 61.1 cm³/mol. The number of nitrogens with zero attached hydrogens (tertiary/aromatic N) is 2. The van der Waals surface area contributed by atoms with Gasteiger partial charge in [0.1, 0.15) is 0 Å². The Bertz CT molecular complexity index is 464. The van der Waals surface area contributed by atoms with Gasteiger partial charge in [-0.25, -0.2) is 0 Å². The van der Waals surface area contributed by atoms with Crippen LogP contribution in [0.15, 0.2) is 18.2 Å². The lowest BCUT2D eigenvalue weighted by Gasteiger charge is -2.29. The Hall–Kier alpha value is -2.06. The first-order valence-electron chi connectivity index (χ1n) is 5.04. The van der Waals surface area contributed by atoms with Crippen LogP contribution in [0.1, 0.15) is 5.56 Å². The fourth-order valence-electron chi connectivity index (χ4n) is 1.76. The molecular weight excluding hydrogens is 204 g/mol. The van der Waals surface area contributed by atoms with E-state index in [0.29, 0.717) is 18.7 Å². The zero-order valence-corrected chi connectivity index (χ0v) is 8.73. The summed E-state index contributed by atoms with van der Waals surface area (Å²) in [4.78, 5) is 13.3. The Balaban J connectivity index is 2.41. The van der Waals surface area contributed by atoms with E-state index in [1.165, 1.54) is 0 Å². The van der Waals surface area contributed by atoms with E-state index in [2.05, 4.69) is 11.4 Å². The van der Waals surface area contributed by atoms with Crippen LogP contribution in [0.25, 0.3) is 0 Å². The van der Waals surface area contributed by atoms with Crippen molar-refractivity contribution in [2.45, 2.75) is 0 Å². The third kappa shape index (κ3) is 1.71. The third-order valence-corrected chi connectivity index (χ3v) is 2.50. The highest BCUT2D eigenvalue weighted by Gasteiger charge is 2.22. The molecule has 0 radical (unpaired) electrons. The molecule has 0 saturated heterocycles. The maximum absolute atomic E-state index is 11.6. The number of nitrogens with two attached hydrogens (primary N) is 1. The van der Waals surface area contributed by atoms with E-state index in [1.807, 2.05) is 0 Å². The molecule has 5 heteroatoms. The molecular formula is C11H12N4O. The van der Waals surface area contributed by atoms with Crippen molar-refractivity contribution in [3.63, 3.8) is 0 Å². The molecule has 1 amide bonds. The molecule has 0 aliphatic carbocycles. The SMILES string of the molecule is N#Cc1ccc2c(c1)NCC(=O)N2CCN. The molecule has 1 aliphatic heterocycles. The maximum atomic E-state index is 11.6. The highest BCUT2D eigenvalue weighted by molar-refractivity contribution is 6.02. The number of nitriles is 1. The van der Waals surface area contributed by atoms with Gasteiger partial charge in [-0.2, -0.15) is 5.26 Å². The van der Waals surface area contributed by atoms with Crippen LogP contribution in [-0.2, 0) is 4.79 Å². The van der Waals surface area contributed by atoms with Crippen molar-refractivity contribution in [2.24, 2.45) is 5.73 Å². The van der Waals surface area contributed by atoms with Gasteiger partial charge in [-0.15, -0.1) is 0 Å². The number of hydrogen-bond donors (Lipinski definition) is 2. The minimum atomic E-state index is 0.00246. The van der Waals surface area contributed by atoms with Gasteiger partial charge in [0, 0.05) is 13.1 Å². The number of carbonyl (C=O) groups is 1. The van der Waals surface area contributed by atoms with E-state index in [-0.39, 0.29) is 12.5 Å². The van der Waals surface area contributed by atoms with E-state index in [1.54, 1.807) is 23.1 Å². The fraction of sp³-hybridized carbons (Fsp3) is 0.273. The molecule has 0 bridgehead atoms. The molecule has 1 aliphatic rings. The van der Waals surface area contributed by atoms with Gasteiger partial charge in [-0.05, 0) is 18.2 Å². The average molecular weight is 216 g/mol. The lowest BCUT2D eigenvalue weighted by Crippen LogP contribution is -2.42. The molecule has 0 aromatic heterocycles. The number of carbonyl (C=O) groups excluding carboxylic acids is 1. The van der Waals surface area contributed by atoms with Gasteiger partial charge < -0.3 is 16.0 Å². The molecule has 0 saturated carbocycles. The normalized spacial score (nSPS) is 14.0. The summed E-state index contributed by atoms with van der Waals surface area (Å²) >= 11 is 0. The number of anilines is 2. The van der Waals surface area contributed by atoms with E-state index >= 15 is 0 Å². The van der Waals surface area contributed by atoms with Gasteiger partial charge in [0.05, 0.1) is 29.6 Å². The summed E-state index contributed by atoms with van der Waals surface area (Å²) in [6, 6.07) is 7.28. The van der Waals surface area contributed by atoms with Gasteiger partial charge in [0.2, 0.25) is 5.91 Å². The Morgan fingerprint density at radius 3 is 3.06 bits per heavy atom. The number of fused-ring (bicyclic) bond motifs is 1. The quantitative estimate of drug-likeness (QED) is 0.743. The molecule has 1 heterocycles. The van der Waals surface area contributed by atoms with Crippen molar-refractivity contribution in [3.8, 4) is 6.07 Å². The van der Waals surface area contributed by atoms with Crippen LogP contribution in [0.5, 0.6) is 0 Å². The second-order valence-electron chi connectivity index (χ2n) is 3.53. The molecule has 3 N–H and O–H groups in total. The summed E-state index contributed by atoms with van der Waals surface area (Å²) in [7, 11) is 0. The van der Waals surface area contributed by atoms with Crippen LogP contribution >= 0.6 is 0 Å². The fourth-order valence-corrected chi connectivity index (χ4v) is 1.76. The van der Waals surface area contributed by atoms with Gasteiger partial charge >= 0.3 is 0 Å². The first-order valence-corrected chi connectivity index (χ1v) is 5.04. The largest absolute Gasteiger partial charge is 0.374 e. The molecule has 5 nitrogen and oxygen atoms in total. The Labute approximate surface area is 93.5 Å². The first-order chi connectivity index (χ1) is 7.76. The molecule has 2 rings (SSSR count). The molecule has 1 aromatic rings. The van der Waals surface area contributed by atoms with Crippen molar-refractivity contribution in [1.29, 1.82) is 5.26 Å². The minimum absolute atomic E-state index is 0.00246. The zero-order valence-electron chi connectivity index (χ0n) is 8.73. The van der Waals surface area contributed by atoms with E-state index in [4.69, 9.17) is 11.0 Å². The lowest BCUT2D eigenvalue weighted by molar-refractivity contribution is -0.117.